The first kappa shape index (κ1) is 10.7. The summed E-state index contributed by atoms with van der Waals surface area (Å²) in [5.74, 6) is 0.605. The van der Waals surface area contributed by atoms with E-state index in [9.17, 15) is 0 Å². The molecule has 1 aromatic rings. The topological polar surface area (TPSA) is 22.1 Å². The Labute approximate surface area is 84.0 Å². The van der Waals surface area contributed by atoms with E-state index in [0.29, 0.717) is 5.92 Å². The fraction of sp³-hybridized carbons (Fsp3) is 0.700. The third-order valence-corrected chi connectivity index (χ3v) is 3.24. The van der Waals surface area contributed by atoms with Crippen LogP contribution in [0.1, 0.15) is 36.1 Å². The van der Waals surface area contributed by atoms with Crippen LogP contribution in [-0.4, -0.2) is 18.7 Å². The van der Waals surface area contributed by atoms with Gasteiger partial charge in [-0.1, -0.05) is 13.8 Å². The number of aryl methyl sites for hydroxylation is 1. The van der Waals surface area contributed by atoms with Gasteiger partial charge in [0, 0.05) is 31.2 Å². The van der Waals surface area contributed by atoms with Gasteiger partial charge in [-0.15, -0.1) is 11.3 Å². The summed E-state index contributed by atoms with van der Waals surface area (Å²) in [6, 6.07) is 0. The van der Waals surface area contributed by atoms with E-state index in [-0.39, 0.29) is 0 Å². The highest BCUT2D eigenvalue weighted by Gasteiger charge is 2.04. The van der Waals surface area contributed by atoms with Crippen molar-refractivity contribution >= 4 is 11.3 Å². The van der Waals surface area contributed by atoms with Crippen molar-refractivity contribution < 1.29 is 4.74 Å². The highest BCUT2D eigenvalue weighted by atomic mass is 32.1. The van der Waals surface area contributed by atoms with Crippen molar-refractivity contribution in [2.75, 3.05) is 13.7 Å². The van der Waals surface area contributed by atoms with E-state index >= 15 is 0 Å². The molecule has 3 heteroatoms. The molecule has 0 amide bonds. The fourth-order valence-corrected chi connectivity index (χ4v) is 2.04. The van der Waals surface area contributed by atoms with Gasteiger partial charge in [0.1, 0.15) is 0 Å². The van der Waals surface area contributed by atoms with Crippen LogP contribution in [0.15, 0.2) is 6.20 Å². The Kier molecular flexibility index (Phi) is 4.39. The average Bonchev–Trinajstić information content (AvgIpc) is 2.53. The van der Waals surface area contributed by atoms with Gasteiger partial charge in [-0.05, 0) is 12.3 Å². The molecular weight excluding hydrogens is 182 g/mol. The molecule has 0 aliphatic carbocycles. The van der Waals surface area contributed by atoms with E-state index in [1.165, 1.54) is 9.88 Å². The van der Waals surface area contributed by atoms with Crippen molar-refractivity contribution in [1.82, 2.24) is 4.98 Å². The summed E-state index contributed by atoms with van der Waals surface area (Å²) >= 11 is 1.82. The number of nitrogens with zero attached hydrogens (tertiary/aromatic N) is 1. The smallest absolute Gasteiger partial charge is 0.0928 e. The normalized spacial score (nSPS) is 11.1. The lowest BCUT2D eigenvalue weighted by atomic mass is 10.2. The zero-order valence-corrected chi connectivity index (χ0v) is 9.36. The van der Waals surface area contributed by atoms with Crippen LogP contribution in [0.25, 0.3) is 0 Å². The lowest BCUT2D eigenvalue weighted by Crippen LogP contribution is -1.91. The Hall–Kier alpha value is -0.410. The van der Waals surface area contributed by atoms with Gasteiger partial charge in [-0.25, -0.2) is 4.98 Å². The van der Waals surface area contributed by atoms with Crippen molar-refractivity contribution in [1.29, 1.82) is 0 Å². The second kappa shape index (κ2) is 5.35. The highest BCUT2D eigenvalue weighted by Crippen LogP contribution is 2.22. The van der Waals surface area contributed by atoms with Crippen LogP contribution < -0.4 is 0 Å². The van der Waals surface area contributed by atoms with E-state index in [2.05, 4.69) is 18.8 Å². The molecule has 0 aromatic carbocycles. The maximum absolute atomic E-state index is 4.99. The van der Waals surface area contributed by atoms with E-state index in [1.54, 1.807) is 7.11 Å². The summed E-state index contributed by atoms with van der Waals surface area (Å²) in [6.45, 7) is 5.23. The van der Waals surface area contributed by atoms with Gasteiger partial charge < -0.3 is 4.74 Å². The molecule has 1 heterocycles. The van der Waals surface area contributed by atoms with Gasteiger partial charge in [0.05, 0.1) is 5.01 Å². The van der Waals surface area contributed by atoms with E-state index in [1.807, 2.05) is 17.5 Å². The number of rotatable bonds is 5. The molecule has 0 bridgehead atoms. The zero-order valence-electron chi connectivity index (χ0n) is 8.54. The van der Waals surface area contributed by atoms with Crippen molar-refractivity contribution in [3.05, 3.63) is 16.1 Å². The van der Waals surface area contributed by atoms with Crippen LogP contribution in [-0.2, 0) is 11.2 Å². The van der Waals surface area contributed by atoms with E-state index in [4.69, 9.17) is 4.74 Å². The standard InChI is InChI=1S/C10H17NOS/c1-8(2)9-7-11-10(13-9)5-4-6-12-3/h7-8H,4-6H2,1-3H3. The third-order valence-electron chi connectivity index (χ3n) is 1.88. The molecule has 0 aliphatic heterocycles. The van der Waals surface area contributed by atoms with Crippen LogP contribution in [0.4, 0.5) is 0 Å². The molecule has 0 radical (unpaired) electrons. The molecule has 0 aliphatic rings. The van der Waals surface area contributed by atoms with Crippen molar-refractivity contribution in [2.45, 2.75) is 32.6 Å². The lowest BCUT2D eigenvalue weighted by Gasteiger charge is -1.97. The van der Waals surface area contributed by atoms with Gasteiger partial charge in [0.15, 0.2) is 0 Å². The number of ether oxygens (including phenoxy) is 1. The van der Waals surface area contributed by atoms with Gasteiger partial charge in [0.25, 0.3) is 0 Å². The van der Waals surface area contributed by atoms with Crippen LogP contribution in [0.2, 0.25) is 0 Å². The molecule has 2 nitrogen and oxygen atoms in total. The molecule has 0 saturated heterocycles. The summed E-state index contributed by atoms with van der Waals surface area (Å²) < 4.78 is 4.99. The molecule has 74 valence electrons. The number of thiazole rings is 1. The minimum atomic E-state index is 0.605. The summed E-state index contributed by atoms with van der Waals surface area (Å²) in [4.78, 5) is 5.75. The second-order valence-electron chi connectivity index (χ2n) is 3.41. The van der Waals surface area contributed by atoms with E-state index in [0.717, 1.165) is 19.4 Å². The quantitative estimate of drug-likeness (QED) is 0.680. The summed E-state index contributed by atoms with van der Waals surface area (Å²) in [7, 11) is 1.74. The summed E-state index contributed by atoms with van der Waals surface area (Å²) in [5, 5.41) is 1.24. The number of hydrogen-bond acceptors (Lipinski definition) is 3. The Balaban J connectivity index is 2.40. The SMILES string of the molecule is COCCCc1ncc(C(C)C)s1. The number of hydrogen-bond donors (Lipinski definition) is 0. The monoisotopic (exact) mass is 199 g/mol. The molecule has 1 rings (SSSR count). The Morgan fingerprint density at radius 1 is 1.54 bits per heavy atom. The molecule has 0 saturated carbocycles. The Bertz CT molecular complexity index is 245. The first-order valence-corrected chi connectivity index (χ1v) is 5.49. The molecule has 0 spiro atoms. The molecule has 0 N–H and O–H groups in total. The fourth-order valence-electron chi connectivity index (χ4n) is 1.07. The van der Waals surface area contributed by atoms with E-state index < -0.39 is 0 Å². The van der Waals surface area contributed by atoms with Crippen LogP contribution in [0, 0.1) is 0 Å². The first-order chi connectivity index (χ1) is 6.24. The summed E-state index contributed by atoms with van der Waals surface area (Å²) in [5.41, 5.74) is 0. The van der Waals surface area contributed by atoms with Crippen LogP contribution in [0.5, 0.6) is 0 Å². The first-order valence-electron chi connectivity index (χ1n) is 4.67. The maximum atomic E-state index is 4.99. The average molecular weight is 199 g/mol. The predicted octanol–water partition coefficient (Wildman–Crippen LogP) is 2.85. The minimum Gasteiger partial charge on any atom is -0.385 e. The number of aromatic nitrogens is 1. The molecular formula is C10H17NOS. The van der Waals surface area contributed by atoms with Gasteiger partial charge in [-0.2, -0.15) is 0 Å². The number of methoxy groups -OCH3 is 1. The van der Waals surface area contributed by atoms with Crippen LogP contribution in [0.3, 0.4) is 0 Å². The maximum Gasteiger partial charge on any atom is 0.0928 e. The van der Waals surface area contributed by atoms with Gasteiger partial charge in [-0.3, -0.25) is 0 Å². The Morgan fingerprint density at radius 2 is 2.31 bits per heavy atom. The predicted molar refractivity (Wildman–Crippen MR) is 56.4 cm³/mol. The minimum absolute atomic E-state index is 0.605. The second-order valence-corrected chi connectivity index (χ2v) is 4.55. The Morgan fingerprint density at radius 3 is 2.85 bits per heavy atom. The molecule has 0 atom stereocenters. The largest absolute Gasteiger partial charge is 0.385 e. The lowest BCUT2D eigenvalue weighted by molar-refractivity contribution is 0.195. The summed E-state index contributed by atoms with van der Waals surface area (Å²) in [6.07, 6.45) is 4.12. The van der Waals surface area contributed by atoms with Gasteiger partial charge in [0.2, 0.25) is 0 Å². The molecule has 0 fully saturated rings. The molecule has 0 unspecified atom stereocenters. The van der Waals surface area contributed by atoms with Crippen LogP contribution >= 0.6 is 11.3 Å². The van der Waals surface area contributed by atoms with Crippen molar-refractivity contribution in [2.24, 2.45) is 0 Å². The molecule has 13 heavy (non-hydrogen) atoms. The third kappa shape index (κ3) is 3.44. The van der Waals surface area contributed by atoms with Crippen molar-refractivity contribution in [3.63, 3.8) is 0 Å². The zero-order chi connectivity index (χ0) is 9.68. The highest BCUT2D eigenvalue weighted by molar-refractivity contribution is 7.11. The van der Waals surface area contributed by atoms with Crippen molar-refractivity contribution in [3.8, 4) is 0 Å². The molecule has 1 aromatic heterocycles. The van der Waals surface area contributed by atoms with Gasteiger partial charge >= 0.3 is 0 Å².